The van der Waals surface area contributed by atoms with E-state index in [1.165, 1.54) is 16.2 Å². The van der Waals surface area contributed by atoms with Gasteiger partial charge in [0.15, 0.2) is 0 Å². The number of rotatable bonds is 6. The van der Waals surface area contributed by atoms with Crippen molar-refractivity contribution in [3.8, 4) is 0 Å². The average Bonchev–Trinajstić information content (AvgIpc) is 3.42. The van der Waals surface area contributed by atoms with E-state index in [1.54, 1.807) is 6.92 Å². The van der Waals surface area contributed by atoms with Gasteiger partial charge in [-0.25, -0.2) is 4.79 Å². The van der Waals surface area contributed by atoms with E-state index >= 15 is 0 Å². The van der Waals surface area contributed by atoms with Gasteiger partial charge >= 0.3 is 5.97 Å². The van der Waals surface area contributed by atoms with Crippen LogP contribution in [0.5, 0.6) is 0 Å². The van der Waals surface area contributed by atoms with Crippen molar-refractivity contribution in [1.82, 2.24) is 9.80 Å². The number of nitrogens with zero attached hydrogens (tertiary/aromatic N) is 2. The molecule has 31 heavy (non-hydrogen) atoms. The molecule has 2 fully saturated rings. The van der Waals surface area contributed by atoms with Gasteiger partial charge in [-0.1, -0.05) is 0 Å². The number of carbonyl (C=O) groups excluding carboxylic acids is 3. The summed E-state index contributed by atoms with van der Waals surface area (Å²) in [6.45, 7) is 5.52. The lowest BCUT2D eigenvalue weighted by Crippen LogP contribution is -2.52. The highest BCUT2D eigenvalue weighted by Gasteiger charge is 2.31. The van der Waals surface area contributed by atoms with E-state index in [4.69, 9.17) is 9.47 Å². The molecule has 1 aromatic heterocycles. The zero-order valence-corrected chi connectivity index (χ0v) is 18.9. The summed E-state index contributed by atoms with van der Waals surface area (Å²) < 4.78 is 10.8. The van der Waals surface area contributed by atoms with Crippen LogP contribution in [-0.4, -0.2) is 79.6 Å². The zero-order valence-electron chi connectivity index (χ0n) is 18.1. The maximum atomic E-state index is 12.8. The van der Waals surface area contributed by atoms with E-state index < -0.39 is 0 Å². The zero-order chi connectivity index (χ0) is 21.8. The first-order valence-corrected chi connectivity index (χ1v) is 12.1. The van der Waals surface area contributed by atoms with E-state index in [9.17, 15) is 14.4 Å². The van der Waals surface area contributed by atoms with Crippen molar-refractivity contribution in [3.63, 3.8) is 0 Å². The summed E-state index contributed by atoms with van der Waals surface area (Å²) in [4.78, 5) is 42.9. The molecule has 3 aliphatic rings. The summed E-state index contributed by atoms with van der Waals surface area (Å²) in [7, 11) is 0. The Labute approximate surface area is 186 Å². The highest BCUT2D eigenvalue weighted by Crippen LogP contribution is 2.38. The molecule has 1 aliphatic carbocycles. The second-order valence-electron chi connectivity index (χ2n) is 8.29. The van der Waals surface area contributed by atoms with Crippen LogP contribution in [0, 0.1) is 0 Å². The summed E-state index contributed by atoms with van der Waals surface area (Å²) in [5.74, 6) is -0.411. The molecular formula is C22H31N3O5S. The van der Waals surface area contributed by atoms with Gasteiger partial charge in [-0.2, -0.15) is 0 Å². The predicted molar refractivity (Wildman–Crippen MR) is 118 cm³/mol. The second kappa shape index (κ2) is 10.1. The molecule has 8 nitrogen and oxygen atoms in total. The molecule has 1 unspecified atom stereocenters. The van der Waals surface area contributed by atoms with Gasteiger partial charge in [-0.05, 0) is 51.0 Å². The summed E-state index contributed by atoms with van der Waals surface area (Å²) in [5, 5.41) is 3.58. The van der Waals surface area contributed by atoms with Crippen molar-refractivity contribution >= 4 is 34.1 Å². The smallest absolute Gasteiger partial charge is 0.341 e. The van der Waals surface area contributed by atoms with Crippen LogP contribution in [0.3, 0.4) is 0 Å². The molecule has 2 amide bonds. The van der Waals surface area contributed by atoms with Gasteiger partial charge in [-0.3, -0.25) is 14.5 Å². The number of aryl methyl sites for hydroxylation is 1. The molecule has 2 aliphatic heterocycles. The van der Waals surface area contributed by atoms with Crippen LogP contribution in [-0.2, 0) is 31.9 Å². The van der Waals surface area contributed by atoms with Gasteiger partial charge in [0.05, 0.1) is 18.7 Å². The quantitative estimate of drug-likeness (QED) is 0.669. The molecule has 4 rings (SSSR count). The van der Waals surface area contributed by atoms with Crippen LogP contribution < -0.4 is 5.32 Å². The molecule has 2 saturated heterocycles. The average molecular weight is 450 g/mol. The standard InChI is InChI=1S/C22H31N3O5S/c1-2-29-22(28)19-15-6-3-4-8-17(15)31-20(19)23-18(26)14-24-9-11-25(12-10-24)21(27)16-7-5-13-30-16/h16H,2-14H2,1H3,(H,23,26). The number of fused-ring (bicyclic) bond motifs is 1. The number of hydrogen-bond donors (Lipinski definition) is 1. The van der Waals surface area contributed by atoms with E-state index in [0.717, 1.165) is 44.1 Å². The maximum Gasteiger partial charge on any atom is 0.341 e. The van der Waals surface area contributed by atoms with Gasteiger partial charge in [0.2, 0.25) is 5.91 Å². The third-order valence-electron chi connectivity index (χ3n) is 6.16. The Balaban J connectivity index is 1.33. The molecule has 1 N–H and O–H groups in total. The number of amides is 2. The first-order chi connectivity index (χ1) is 15.1. The first-order valence-electron chi connectivity index (χ1n) is 11.3. The third-order valence-corrected chi connectivity index (χ3v) is 7.37. The van der Waals surface area contributed by atoms with E-state index in [2.05, 4.69) is 5.32 Å². The summed E-state index contributed by atoms with van der Waals surface area (Å²) in [6.07, 6.45) is 5.42. The van der Waals surface area contributed by atoms with Crippen molar-refractivity contribution < 1.29 is 23.9 Å². The summed E-state index contributed by atoms with van der Waals surface area (Å²) in [5.41, 5.74) is 1.59. The third kappa shape index (κ3) is 5.10. The van der Waals surface area contributed by atoms with Crippen LogP contribution in [0.4, 0.5) is 5.00 Å². The molecule has 3 heterocycles. The van der Waals surface area contributed by atoms with E-state index in [-0.39, 0.29) is 30.4 Å². The number of carbonyl (C=O) groups is 3. The number of thiophene rings is 1. The first kappa shape index (κ1) is 22.2. The van der Waals surface area contributed by atoms with Crippen molar-refractivity contribution in [1.29, 1.82) is 0 Å². The maximum absolute atomic E-state index is 12.8. The fourth-order valence-electron chi connectivity index (χ4n) is 4.54. The molecule has 1 atom stereocenters. The summed E-state index contributed by atoms with van der Waals surface area (Å²) >= 11 is 1.51. The number of nitrogens with one attached hydrogen (secondary N) is 1. The van der Waals surface area contributed by atoms with Crippen molar-refractivity contribution in [3.05, 3.63) is 16.0 Å². The Morgan fingerprint density at radius 3 is 2.61 bits per heavy atom. The number of hydrogen-bond acceptors (Lipinski definition) is 7. The normalized spacial score (nSPS) is 21.6. The highest BCUT2D eigenvalue weighted by atomic mass is 32.1. The molecule has 170 valence electrons. The minimum absolute atomic E-state index is 0.0739. The van der Waals surface area contributed by atoms with Crippen molar-refractivity contribution in [2.24, 2.45) is 0 Å². The number of anilines is 1. The fourth-order valence-corrected chi connectivity index (χ4v) is 5.84. The minimum Gasteiger partial charge on any atom is -0.462 e. The molecule has 9 heteroatoms. The lowest BCUT2D eigenvalue weighted by molar-refractivity contribution is -0.142. The predicted octanol–water partition coefficient (Wildman–Crippen LogP) is 2.07. The topological polar surface area (TPSA) is 88.2 Å². The van der Waals surface area contributed by atoms with Crippen molar-refractivity contribution in [2.75, 3.05) is 51.3 Å². The number of ether oxygens (including phenoxy) is 2. The van der Waals surface area contributed by atoms with Gasteiger partial charge in [0, 0.05) is 37.7 Å². The lowest BCUT2D eigenvalue weighted by atomic mass is 9.95. The molecule has 0 bridgehead atoms. The van der Waals surface area contributed by atoms with Crippen LogP contribution in [0.15, 0.2) is 0 Å². The number of piperazine rings is 1. The number of esters is 1. The van der Waals surface area contributed by atoms with Crippen LogP contribution in [0.1, 0.15) is 53.4 Å². The minimum atomic E-state index is -0.349. The van der Waals surface area contributed by atoms with Crippen LogP contribution >= 0.6 is 11.3 Å². The molecule has 0 saturated carbocycles. The van der Waals surface area contributed by atoms with Gasteiger partial charge in [0.25, 0.3) is 5.91 Å². The monoisotopic (exact) mass is 449 g/mol. The lowest BCUT2D eigenvalue weighted by Gasteiger charge is -2.35. The Kier molecular flexibility index (Phi) is 7.24. The largest absolute Gasteiger partial charge is 0.462 e. The van der Waals surface area contributed by atoms with E-state index in [0.29, 0.717) is 50.0 Å². The van der Waals surface area contributed by atoms with Gasteiger partial charge < -0.3 is 19.7 Å². The Morgan fingerprint density at radius 1 is 1.13 bits per heavy atom. The SMILES string of the molecule is CCOC(=O)c1c(NC(=O)CN2CCN(C(=O)C3CCCO3)CC2)sc2c1CCCC2. The Bertz CT molecular complexity index is 825. The van der Waals surface area contributed by atoms with Crippen molar-refractivity contribution in [2.45, 2.75) is 51.6 Å². The van der Waals surface area contributed by atoms with Gasteiger partial charge in [0.1, 0.15) is 11.1 Å². The Morgan fingerprint density at radius 2 is 1.90 bits per heavy atom. The molecule has 0 aromatic carbocycles. The van der Waals surface area contributed by atoms with E-state index in [1.807, 2.05) is 9.80 Å². The molecule has 1 aromatic rings. The second-order valence-corrected chi connectivity index (χ2v) is 9.39. The fraction of sp³-hybridized carbons (Fsp3) is 0.682. The van der Waals surface area contributed by atoms with Gasteiger partial charge in [-0.15, -0.1) is 11.3 Å². The molecule has 0 spiro atoms. The van der Waals surface area contributed by atoms with Crippen LogP contribution in [0.25, 0.3) is 0 Å². The van der Waals surface area contributed by atoms with Crippen LogP contribution in [0.2, 0.25) is 0 Å². The molecule has 0 radical (unpaired) electrons. The molecular weight excluding hydrogens is 418 g/mol. The Hall–Kier alpha value is -1.97. The summed E-state index contributed by atoms with van der Waals surface area (Å²) in [6, 6.07) is 0. The highest BCUT2D eigenvalue weighted by molar-refractivity contribution is 7.17.